The molecule has 2 saturated heterocycles. The zero-order chi connectivity index (χ0) is 38.8. The van der Waals surface area contributed by atoms with E-state index in [0.29, 0.717) is 0 Å². The minimum absolute atomic E-state index is 0.00284. The van der Waals surface area contributed by atoms with Crippen LogP contribution in [0.3, 0.4) is 0 Å². The van der Waals surface area contributed by atoms with Gasteiger partial charge in [0, 0.05) is 7.11 Å². The summed E-state index contributed by atoms with van der Waals surface area (Å²) in [6.45, 7) is -2.03. The van der Waals surface area contributed by atoms with Gasteiger partial charge in [0.15, 0.2) is 23.7 Å². The van der Waals surface area contributed by atoms with Gasteiger partial charge in [-0.15, -0.1) is 0 Å². The van der Waals surface area contributed by atoms with Gasteiger partial charge in [-0.25, -0.2) is 23.2 Å². The molecule has 3 unspecified atom stereocenters. The maximum atomic E-state index is 12.6. The molecular formula is C22H32N10O18P3+. The molecule has 0 saturated carbocycles. The van der Waals surface area contributed by atoms with Crippen LogP contribution in [0.15, 0.2) is 22.2 Å². The van der Waals surface area contributed by atoms with Gasteiger partial charge >= 0.3 is 29.1 Å². The molecule has 2 aliphatic heterocycles. The number of aryl methyl sites for hydroxylation is 1. The van der Waals surface area contributed by atoms with Crippen LogP contribution in [0, 0.1) is 0 Å². The molecule has 2 fully saturated rings. The number of aliphatic hydroxyl groups is 3. The average Bonchev–Trinajstić information content (AvgIpc) is 3.76. The Morgan fingerprint density at radius 3 is 2.13 bits per heavy atom. The second kappa shape index (κ2) is 14.3. The first-order valence-corrected chi connectivity index (χ1v) is 19.3. The van der Waals surface area contributed by atoms with Gasteiger partial charge in [0.1, 0.15) is 36.6 Å². The lowest BCUT2D eigenvalue weighted by atomic mass is 10.1. The van der Waals surface area contributed by atoms with E-state index in [1.165, 1.54) is 22.5 Å². The van der Waals surface area contributed by atoms with Gasteiger partial charge in [-0.1, -0.05) is 4.98 Å². The van der Waals surface area contributed by atoms with Crippen molar-refractivity contribution in [3.63, 3.8) is 0 Å². The first-order valence-electron chi connectivity index (χ1n) is 14.8. The van der Waals surface area contributed by atoms with E-state index in [2.05, 4.69) is 38.1 Å². The summed E-state index contributed by atoms with van der Waals surface area (Å²) in [6, 6.07) is 0. The summed E-state index contributed by atoms with van der Waals surface area (Å²) in [5.74, 6) is -0.549. The number of aromatic amines is 2. The second-order valence-electron chi connectivity index (χ2n) is 11.5. The summed E-state index contributed by atoms with van der Waals surface area (Å²) < 4.78 is 75.3. The van der Waals surface area contributed by atoms with Crippen LogP contribution in [0.4, 0.5) is 11.9 Å². The Kier molecular flexibility index (Phi) is 10.6. The lowest BCUT2D eigenvalue weighted by Gasteiger charge is -2.21. The number of aromatic nitrogens is 8. The monoisotopic (exact) mass is 817 g/mol. The number of nitrogens with zero attached hydrogens (tertiary/aromatic N) is 6. The Morgan fingerprint density at radius 2 is 1.49 bits per heavy atom. The molecule has 53 heavy (non-hydrogen) atoms. The van der Waals surface area contributed by atoms with Crippen LogP contribution in [-0.2, 0) is 52.6 Å². The number of phosphoric acid groups is 3. The van der Waals surface area contributed by atoms with E-state index in [9.17, 15) is 53.3 Å². The maximum Gasteiger partial charge on any atom is 0.490 e. The lowest BCUT2D eigenvalue weighted by molar-refractivity contribution is -0.745. The Hall–Kier alpha value is -3.53. The van der Waals surface area contributed by atoms with Crippen molar-refractivity contribution in [1.82, 2.24) is 34.1 Å². The Bertz CT molecular complexity index is 2300. The molecule has 11 atom stereocenters. The molecule has 2 aliphatic rings. The number of phosphoric ester groups is 2. The highest BCUT2D eigenvalue weighted by molar-refractivity contribution is 7.66. The van der Waals surface area contributed by atoms with Gasteiger partial charge in [0.25, 0.3) is 17.1 Å². The zero-order valence-corrected chi connectivity index (χ0v) is 29.6. The average molecular weight is 817 g/mol. The van der Waals surface area contributed by atoms with Gasteiger partial charge in [0.05, 0.1) is 26.6 Å². The number of aliphatic hydroxyl groups excluding tert-OH is 3. The zero-order valence-electron chi connectivity index (χ0n) is 26.9. The van der Waals surface area contributed by atoms with Crippen LogP contribution >= 0.6 is 23.5 Å². The fourth-order valence-corrected chi connectivity index (χ4v) is 9.24. The number of nitrogens with one attached hydrogen (secondary N) is 2. The third-order valence-electron chi connectivity index (χ3n) is 7.92. The van der Waals surface area contributed by atoms with Crippen molar-refractivity contribution in [2.75, 3.05) is 31.8 Å². The van der Waals surface area contributed by atoms with E-state index in [4.69, 9.17) is 30.2 Å². The van der Waals surface area contributed by atoms with Crippen molar-refractivity contribution in [2.45, 2.75) is 49.1 Å². The number of imidazole rings is 2. The summed E-state index contributed by atoms with van der Waals surface area (Å²) in [4.78, 5) is 71.0. The Morgan fingerprint density at radius 1 is 0.887 bits per heavy atom. The number of rotatable bonds is 13. The molecule has 31 heteroatoms. The molecule has 28 nitrogen and oxygen atoms in total. The Labute approximate surface area is 293 Å². The number of fused-ring (bicyclic) bond motifs is 2. The van der Waals surface area contributed by atoms with Crippen LogP contribution < -0.4 is 27.2 Å². The van der Waals surface area contributed by atoms with Crippen molar-refractivity contribution >= 4 is 57.7 Å². The smallest absolute Gasteiger partial charge is 0.387 e. The molecule has 0 radical (unpaired) electrons. The normalized spacial score (nSPS) is 29.7. The highest BCUT2D eigenvalue weighted by atomic mass is 31.3. The van der Waals surface area contributed by atoms with Gasteiger partial charge < -0.3 is 55.7 Å². The first kappa shape index (κ1) is 39.2. The molecule has 6 rings (SSSR count). The van der Waals surface area contributed by atoms with Crippen molar-refractivity contribution < 1.29 is 80.1 Å². The van der Waals surface area contributed by atoms with Crippen molar-refractivity contribution in [3.05, 3.63) is 33.4 Å². The molecule has 4 aromatic rings. The first-order chi connectivity index (χ1) is 24.7. The van der Waals surface area contributed by atoms with E-state index < -0.39 is 96.9 Å². The molecule has 12 N–H and O–H groups in total. The van der Waals surface area contributed by atoms with Gasteiger partial charge in [-0.05, 0) is 0 Å². The largest absolute Gasteiger partial charge is 0.490 e. The van der Waals surface area contributed by atoms with Gasteiger partial charge in [0.2, 0.25) is 17.7 Å². The molecular weight excluding hydrogens is 785 g/mol. The lowest BCUT2D eigenvalue weighted by Crippen LogP contribution is -2.46. The van der Waals surface area contributed by atoms with E-state index in [0.717, 1.165) is 18.0 Å². The fourth-order valence-electron chi connectivity index (χ4n) is 5.71. The highest BCUT2D eigenvalue weighted by Crippen LogP contribution is 2.67. The van der Waals surface area contributed by atoms with Crippen molar-refractivity contribution in [2.24, 2.45) is 7.05 Å². The van der Waals surface area contributed by atoms with Crippen LogP contribution in [-0.4, -0.2) is 121 Å². The number of methoxy groups -OCH3 is 1. The maximum absolute atomic E-state index is 12.6. The molecule has 4 aromatic heterocycles. The van der Waals surface area contributed by atoms with Gasteiger partial charge in [-0.2, -0.15) is 13.6 Å². The predicted octanol–water partition coefficient (Wildman–Crippen LogP) is -3.89. The predicted molar refractivity (Wildman–Crippen MR) is 169 cm³/mol. The van der Waals surface area contributed by atoms with E-state index >= 15 is 0 Å². The third-order valence-corrected chi connectivity index (χ3v) is 12.2. The molecule has 0 aliphatic carbocycles. The number of hydrogen-bond acceptors (Lipinski definition) is 20. The summed E-state index contributed by atoms with van der Waals surface area (Å²) in [7, 11) is -14.6. The minimum Gasteiger partial charge on any atom is -0.387 e. The highest BCUT2D eigenvalue weighted by Gasteiger charge is 2.51. The summed E-state index contributed by atoms with van der Waals surface area (Å²) in [5, 5.41) is 31.9. The molecule has 0 spiro atoms. The standard InChI is InChI=1S/C22H31N10O18P3/c1-30-6-32(16-10(30)18(37)29-22(24)27-16)20-13(35)14(44-2)8(48-20)4-46-52(40,41)50-53(42,43)49-51(38,39)45-3-7-11(33)12(34)19(47-7)31-5-25-9-15(31)26-21(23)28-17(9)36/h5-8,11-14,19-20,33-35H,3-4H2,1-2H3,(H8-,23,24,26,27,28,29,36,37,38,39,40,41,42,43)/p+1/t7-,8-,11-,12-,13-,14-,19-,20-/m1/s1. The number of H-pyrrole nitrogens is 2. The Balaban J connectivity index is 1.06. The fraction of sp³-hybridized carbons (Fsp3) is 0.545. The summed E-state index contributed by atoms with van der Waals surface area (Å²) in [6.07, 6.45) is -9.74. The number of ether oxygens (including phenoxy) is 3. The van der Waals surface area contributed by atoms with E-state index in [1.807, 2.05) is 0 Å². The van der Waals surface area contributed by atoms with Gasteiger partial charge in [-0.3, -0.25) is 37.7 Å². The number of anilines is 2. The topological polar surface area (TPSA) is 407 Å². The molecule has 0 aromatic carbocycles. The number of hydrogen-bond donors (Lipinski definition) is 10. The third kappa shape index (κ3) is 7.85. The molecule has 6 heterocycles. The molecule has 0 bridgehead atoms. The van der Waals surface area contributed by atoms with E-state index in [1.54, 1.807) is 0 Å². The number of nitrogens with two attached hydrogens (primary N) is 2. The van der Waals surface area contributed by atoms with E-state index in [-0.39, 0.29) is 34.2 Å². The van der Waals surface area contributed by atoms with Crippen LogP contribution in [0.25, 0.3) is 22.3 Å². The molecule has 0 amide bonds. The van der Waals surface area contributed by atoms with Crippen LogP contribution in [0.2, 0.25) is 0 Å². The second-order valence-corrected chi connectivity index (χ2v) is 16.1. The minimum atomic E-state index is -5.98. The van der Waals surface area contributed by atoms with Crippen LogP contribution in [0.5, 0.6) is 0 Å². The molecule has 292 valence electrons. The SMILES string of the molecule is CO[C@H]1[C@@H](O)[C@H]([n+]2cn(C)c3c(=O)[nH]c(N)nc32)O[C@@H]1COP(=O)(O)OP(=O)(O)OP(=O)(O)OC[C@H]1O[C@@H](n2cnc3c(=O)[nH]c(N)nc32)[C@H](O)[C@@H]1O. The van der Waals surface area contributed by atoms with Crippen molar-refractivity contribution in [1.29, 1.82) is 0 Å². The summed E-state index contributed by atoms with van der Waals surface area (Å²) >= 11 is 0. The quantitative estimate of drug-likeness (QED) is 0.0455. The van der Waals surface area contributed by atoms with Crippen molar-refractivity contribution in [3.8, 4) is 0 Å². The number of nitrogen functional groups attached to an aromatic ring is 2. The van der Waals surface area contributed by atoms with Crippen LogP contribution in [0.1, 0.15) is 12.5 Å². The summed E-state index contributed by atoms with van der Waals surface area (Å²) in [5.41, 5.74) is 9.60.